The fourth-order valence-corrected chi connectivity index (χ4v) is 8.23. The molecule has 1 spiro atoms. The molecule has 1 atom stereocenters. The molecule has 3 aliphatic rings. The van der Waals surface area contributed by atoms with Gasteiger partial charge in [0.05, 0.1) is 24.0 Å². The fourth-order valence-electron chi connectivity index (χ4n) is 8.23. The van der Waals surface area contributed by atoms with Crippen LogP contribution in [0.1, 0.15) is 79.9 Å². The van der Waals surface area contributed by atoms with E-state index in [1.165, 1.54) is 6.42 Å². The van der Waals surface area contributed by atoms with Crippen LogP contribution in [0.2, 0.25) is 0 Å². The summed E-state index contributed by atoms with van der Waals surface area (Å²) in [5.41, 5.74) is 4.69. The van der Waals surface area contributed by atoms with Crippen LogP contribution in [-0.2, 0) is 29.5 Å². The van der Waals surface area contributed by atoms with Gasteiger partial charge in [-0.2, -0.15) is 10.4 Å². The van der Waals surface area contributed by atoms with E-state index in [4.69, 9.17) is 14.7 Å². The summed E-state index contributed by atoms with van der Waals surface area (Å²) in [4.78, 5) is 30.8. The van der Waals surface area contributed by atoms with Gasteiger partial charge < -0.3 is 15.0 Å². The van der Waals surface area contributed by atoms with Gasteiger partial charge in [-0.1, -0.05) is 36.4 Å². The third-order valence-electron chi connectivity index (χ3n) is 11.0. The highest BCUT2D eigenvalue weighted by Gasteiger charge is 2.38. The van der Waals surface area contributed by atoms with Crippen molar-refractivity contribution in [2.75, 3.05) is 31.2 Å². The molecule has 1 unspecified atom stereocenters. The summed E-state index contributed by atoms with van der Waals surface area (Å²) >= 11 is 0. The Labute approximate surface area is 288 Å². The van der Waals surface area contributed by atoms with Gasteiger partial charge in [-0.05, 0) is 80.2 Å². The molecule has 0 radical (unpaired) electrons. The molecule has 5 heterocycles. The van der Waals surface area contributed by atoms with E-state index in [2.05, 4.69) is 32.4 Å². The lowest BCUT2D eigenvalue weighted by atomic mass is 9.73. The van der Waals surface area contributed by atoms with Gasteiger partial charge in [0.25, 0.3) is 0 Å². The van der Waals surface area contributed by atoms with Crippen LogP contribution in [0.4, 0.5) is 5.82 Å². The van der Waals surface area contributed by atoms with Crippen LogP contribution in [0.5, 0.6) is 0 Å². The van der Waals surface area contributed by atoms with Crippen molar-refractivity contribution in [3.63, 3.8) is 0 Å². The average molecular weight is 659 g/mol. The Kier molecular flexibility index (Phi) is 9.99. The normalized spacial score (nSPS) is 21.2. The number of hydrogen-bond donors (Lipinski definition) is 1. The summed E-state index contributed by atoms with van der Waals surface area (Å²) in [6.45, 7) is 3.98. The first kappa shape index (κ1) is 32.9. The first-order valence-corrected chi connectivity index (χ1v) is 17.8. The predicted octanol–water partition coefficient (Wildman–Crippen LogP) is 5.99. The number of carbonyl (C=O) groups excluding carboxylic acids is 1. The number of nitriles is 1. The maximum absolute atomic E-state index is 13.9. The Hall–Kier alpha value is -4.62. The van der Waals surface area contributed by atoms with Crippen LogP contribution >= 0.6 is 0 Å². The van der Waals surface area contributed by atoms with Gasteiger partial charge in [0.1, 0.15) is 23.3 Å². The highest BCUT2D eigenvalue weighted by Crippen LogP contribution is 2.42. The zero-order valence-electron chi connectivity index (χ0n) is 28.4. The molecule has 1 saturated carbocycles. The van der Waals surface area contributed by atoms with Gasteiger partial charge in [-0.15, -0.1) is 0 Å². The lowest BCUT2D eigenvalue weighted by Gasteiger charge is -2.45. The summed E-state index contributed by atoms with van der Waals surface area (Å²) in [7, 11) is 1.90. The molecular formula is C39H46N8O2. The van der Waals surface area contributed by atoms with Crippen LogP contribution in [0.15, 0.2) is 67.3 Å². The van der Waals surface area contributed by atoms with Crippen LogP contribution < -0.4 is 10.2 Å². The van der Waals surface area contributed by atoms with Crippen LogP contribution in [0, 0.1) is 28.6 Å². The van der Waals surface area contributed by atoms with E-state index in [-0.39, 0.29) is 23.2 Å². The molecule has 1 aromatic carbocycles. The summed E-state index contributed by atoms with van der Waals surface area (Å²) in [5, 5.41) is 17.4. The Morgan fingerprint density at radius 2 is 1.84 bits per heavy atom. The Bertz CT molecular complexity index is 1750. The lowest BCUT2D eigenvalue weighted by molar-refractivity contribution is -0.124. The van der Waals surface area contributed by atoms with E-state index in [9.17, 15) is 10.1 Å². The van der Waals surface area contributed by atoms with Crippen molar-refractivity contribution >= 4 is 11.7 Å². The zero-order valence-corrected chi connectivity index (χ0v) is 28.4. The van der Waals surface area contributed by atoms with Gasteiger partial charge in [-0.3, -0.25) is 14.5 Å². The Morgan fingerprint density at radius 1 is 1.02 bits per heavy atom. The molecular weight excluding hydrogens is 612 g/mol. The summed E-state index contributed by atoms with van der Waals surface area (Å²) < 4.78 is 7.45. The maximum atomic E-state index is 13.9. The van der Waals surface area contributed by atoms with Crippen molar-refractivity contribution < 1.29 is 9.53 Å². The second-order valence-electron chi connectivity index (χ2n) is 14.3. The molecule has 3 aromatic heterocycles. The number of benzene rings is 1. The van der Waals surface area contributed by atoms with Gasteiger partial charge in [-0.25, -0.2) is 9.97 Å². The molecule has 1 N–H and O–H groups in total. The molecule has 1 amide bonds. The predicted molar refractivity (Wildman–Crippen MR) is 187 cm³/mol. The molecule has 2 saturated heterocycles. The number of amides is 1. The van der Waals surface area contributed by atoms with Crippen molar-refractivity contribution in [2.45, 2.75) is 70.3 Å². The summed E-state index contributed by atoms with van der Waals surface area (Å²) in [5.74, 6) is 1.91. The number of anilines is 1. The number of nitrogens with zero attached hydrogens (tertiary/aromatic N) is 7. The Balaban J connectivity index is 1.04. The first-order chi connectivity index (χ1) is 24.0. The highest BCUT2D eigenvalue weighted by atomic mass is 16.5. The largest absolute Gasteiger partial charge is 0.381 e. The molecule has 0 bridgehead atoms. The summed E-state index contributed by atoms with van der Waals surface area (Å²) in [6, 6.07) is 16.5. The molecule has 1 aliphatic carbocycles. The van der Waals surface area contributed by atoms with Crippen molar-refractivity contribution in [1.29, 1.82) is 5.26 Å². The van der Waals surface area contributed by atoms with E-state index >= 15 is 0 Å². The molecule has 10 nitrogen and oxygen atoms in total. The number of carbonyl (C=O) groups is 1. The molecule has 10 heteroatoms. The smallest absolute Gasteiger partial charge is 0.229 e. The third-order valence-corrected chi connectivity index (χ3v) is 11.0. The van der Waals surface area contributed by atoms with Crippen molar-refractivity contribution in [1.82, 2.24) is 30.0 Å². The average Bonchev–Trinajstić information content (AvgIpc) is 3.58. The highest BCUT2D eigenvalue weighted by molar-refractivity contribution is 5.83. The number of aryl methyl sites for hydroxylation is 1. The van der Waals surface area contributed by atoms with Gasteiger partial charge in [0.2, 0.25) is 5.91 Å². The van der Waals surface area contributed by atoms with Crippen LogP contribution in [-0.4, -0.2) is 56.9 Å². The first-order valence-electron chi connectivity index (χ1n) is 17.8. The SMILES string of the molecule is Cn1cc(-c2ccc(C(C(=O)NCc3ccccc3)C3CCC(Cc4ncc(C#N)c(N5CCCC6(CCOCC6)C5)n4)CC3)nc2)cn1. The van der Waals surface area contributed by atoms with Crippen molar-refractivity contribution in [3.8, 4) is 17.2 Å². The van der Waals surface area contributed by atoms with Crippen LogP contribution in [0.25, 0.3) is 11.1 Å². The summed E-state index contributed by atoms with van der Waals surface area (Å²) in [6.07, 6.45) is 16.5. The monoisotopic (exact) mass is 658 g/mol. The van der Waals surface area contributed by atoms with Gasteiger partial charge in [0.15, 0.2) is 0 Å². The van der Waals surface area contributed by atoms with Crippen LogP contribution in [0.3, 0.4) is 0 Å². The minimum absolute atomic E-state index is 0.0258. The van der Waals surface area contributed by atoms with E-state index < -0.39 is 0 Å². The third kappa shape index (κ3) is 7.67. The number of rotatable bonds is 9. The minimum Gasteiger partial charge on any atom is -0.381 e. The number of hydrogen-bond acceptors (Lipinski definition) is 8. The zero-order chi connectivity index (χ0) is 33.6. The number of nitrogens with one attached hydrogen (secondary N) is 1. The van der Waals surface area contributed by atoms with E-state index in [1.807, 2.05) is 62.0 Å². The van der Waals surface area contributed by atoms with Gasteiger partial charge >= 0.3 is 0 Å². The second-order valence-corrected chi connectivity index (χ2v) is 14.3. The molecule has 49 heavy (non-hydrogen) atoms. The van der Waals surface area contributed by atoms with E-state index in [0.717, 1.165) is 112 Å². The lowest BCUT2D eigenvalue weighted by Crippen LogP contribution is -2.46. The number of pyridine rings is 1. The molecule has 4 aromatic rings. The molecule has 2 aliphatic heterocycles. The van der Waals surface area contributed by atoms with Gasteiger partial charge in [0, 0.05) is 69.8 Å². The molecule has 7 rings (SSSR count). The fraction of sp³-hybridized carbons (Fsp3) is 0.487. The molecule has 3 fully saturated rings. The minimum atomic E-state index is -0.331. The maximum Gasteiger partial charge on any atom is 0.229 e. The number of ether oxygens (including phenoxy) is 1. The van der Waals surface area contributed by atoms with Crippen molar-refractivity contribution in [3.05, 3.63) is 89.9 Å². The number of aromatic nitrogens is 5. The second kappa shape index (κ2) is 14.9. The molecule has 254 valence electrons. The number of piperidine rings is 1. The Morgan fingerprint density at radius 3 is 2.55 bits per heavy atom. The topological polar surface area (TPSA) is 122 Å². The standard InChI is InChI=1S/C39H46N8O2/c1-46-26-33(25-44-46)31-12-13-34(41-23-31)36(38(48)43-22-29-6-3-2-4-7-29)30-10-8-28(9-11-30)20-35-42-24-32(21-40)37(45-35)47-17-5-14-39(27-47)15-18-49-19-16-39/h2-4,6-7,12-13,23-26,28,30,36H,5,8-11,14-20,22,27H2,1H3,(H,43,48). The quantitative estimate of drug-likeness (QED) is 0.233. The van der Waals surface area contributed by atoms with E-state index in [1.54, 1.807) is 10.9 Å². The van der Waals surface area contributed by atoms with E-state index in [0.29, 0.717) is 18.0 Å². The van der Waals surface area contributed by atoms with Crippen molar-refractivity contribution in [2.24, 2.45) is 24.3 Å².